The van der Waals surface area contributed by atoms with Crippen LogP contribution in [-0.2, 0) is 20.7 Å². The van der Waals surface area contributed by atoms with Gasteiger partial charge in [0.15, 0.2) is 0 Å². The number of alkyl carbamates (subject to hydrolysis) is 1. The third-order valence-electron chi connectivity index (χ3n) is 6.63. The van der Waals surface area contributed by atoms with Crippen LogP contribution in [0.2, 0.25) is 0 Å². The molecule has 1 saturated carbocycles. The van der Waals surface area contributed by atoms with Gasteiger partial charge in [0, 0.05) is 23.6 Å². The van der Waals surface area contributed by atoms with Crippen molar-refractivity contribution in [1.29, 1.82) is 0 Å². The fourth-order valence-electron chi connectivity index (χ4n) is 4.63. The van der Waals surface area contributed by atoms with Crippen molar-refractivity contribution >= 4 is 17.9 Å². The highest BCUT2D eigenvalue weighted by molar-refractivity contribution is 5.93. The number of para-hydroxylation sites is 1. The summed E-state index contributed by atoms with van der Waals surface area (Å²) in [7, 11) is 0. The van der Waals surface area contributed by atoms with Crippen molar-refractivity contribution in [2.75, 3.05) is 0 Å². The number of amides is 3. The summed E-state index contributed by atoms with van der Waals surface area (Å²) in [5, 5.41) is 26.5. The molecule has 4 unspecified atom stereocenters. The van der Waals surface area contributed by atoms with Crippen LogP contribution in [-0.4, -0.2) is 56.2 Å². The maximum absolute atomic E-state index is 14.5. The van der Waals surface area contributed by atoms with Gasteiger partial charge in [-0.15, -0.1) is 0 Å². The number of hydrogen-bond donors (Lipinski definition) is 4. The Kier molecular flexibility index (Phi) is 9.07. The fourth-order valence-corrected chi connectivity index (χ4v) is 4.63. The number of carbonyl (C=O) groups excluding carboxylic acids is 3. The topological polar surface area (TPSA) is 128 Å². The van der Waals surface area contributed by atoms with E-state index in [-0.39, 0.29) is 29.9 Å². The quantitative estimate of drug-likeness (QED) is 0.374. The second-order valence-corrected chi connectivity index (χ2v) is 12.7. The largest absolute Gasteiger partial charge is 0.508 e. The number of hydrogen-bond acceptors (Lipinski definition) is 6. The first-order valence-electron chi connectivity index (χ1n) is 13.7. The van der Waals surface area contributed by atoms with Crippen molar-refractivity contribution in [3.8, 4) is 11.5 Å². The predicted octanol–water partition coefficient (Wildman–Crippen LogP) is 4.74. The number of benzene rings is 2. The highest BCUT2D eigenvalue weighted by Gasteiger charge is 2.49. The Morgan fingerprint density at radius 1 is 1.02 bits per heavy atom. The summed E-state index contributed by atoms with van der Waals surface area (Å²) in [4.78, 5) is 42.8. The lowest BCUT2D eigenvalue weighted by Gasteiger charge is -2.37. The molecule has 40 heavy (non-hydrogen) atoms. The number of rotatable bonds is 8. The smallest absolute Gasteiger partial charge is 0.408 e. The van der Waals surface area contributed by atoms with E-state index in [1.165, 1.54) is 17.0 Å². The zero-order chi connectivity index (χ0) is 30.0. The Hall–Kier alpha value is -3.75. The summed E-state index contributed by atoms with van der Waals surface area (Å²) < 4.78 is 5.47. The highest BCUT2D eigenvalue weighted by atomic mass is 16.6. The molecule has 0 spiro atoms. The number of ether oxygens (including phenoxy) is 1. The molecule has 0 saturated heterocycles. The van der Waals surface area contributed by atoms with Crippen LogP contribution in [0, 0.1) is 12.8 Å². The molecule has 1 fully saturated rings. The van der Waals surface area contributed by atoms with E-state index < -0.39 is 41.1 Å². The fraction of sp³-hybridized carbons (Fsp3) is 0.516. The van der Waals surface area contributed by atoms with Gasteiger partial charge in [-0.3, -0.25) is 9.59 Å². The number of phenolic OH excluding ortho intramolecular Hbond substituents is 2. The molecule has 0 aliphatic heterocycles. The first-order valence-corrected chi connectivity index (χ1v) is 13.7. The van der Waals surface area contributed by atoms with E-state index in [2.05, 4.69) is 10.6 Å². The molecule has 1 aliphatic rings. The van der Waals surface area contributed by atoms with Crippen LogP contribution in [0.25, 0.3) is 0 Å². The van der Waals surface area contributed by atoms with Gasteiger partial charge in [-0.1, -0.05) is 37.3 Å². The number of phenols is 2. The summed E-state index contributed by atoms with van der Waals surface area (Å²) in [5.74, 6) is -0.756. The van der Waals surface area contributed by atoms with Crippen molar-refractivity contribution in [3.63, 3.8) is 0 Å². The molecule has 2 aromatic carbocycles. The normalized spacial score (nSPS) is 18.3. The molecule has 4 atom stereocenters. The molecule has 0 bridgehead atoms. The van der Waals surface area contributed by atoms with Crippen molar-refractivity contribution in [1.82, 2.24) is 15.5 Å². The SMILES string of the molecule is Cc1cccc(C(C(=O)NC(C)(C)C)N(C(=O)C(Cc2ccc(O)cc2)NC(=O)OC(C)(C)C)C2CC2C)c1O. The van der Waals surface area contributed by atoms with Crippen LogP contribution in [0.4, 0.5) is 4.79 Å². The molecular formula is C31H43N3O6. The van der Waals surface area contributed by atoms with E-state index in [9.17, 15) is 24.6 Å². The third-order valence-corrected chi connectivity index (χ3v) is 6.63. The Balaban J connectivity index is 2.10. The molecular weight excluding hydrogens is 510 g/mol. The van der Waals surface area contributed by atoms with Gasteiger partial charge in [0.25, 0.3) is 0 Å². The lowest BCUT2D eigenvalue weighted by atomic mass is 9.96. The Labute approximate surface area is 236 Å². The molecule has 3 rings (SSSR count). The Bertz CT molecular complexity index is 1230. The molecule has 0 radical (unpaired) electrons. The minimum absolute atomic E-state index is 0.0575. The molecule has 3 amide bonds. The number of nitrogens with zero attached hydrogens (tertiary/aromatic N) is 1. The monoisotopic (exact) mass is 553 g/mol. The minimum atomic E-state index is -1.13. The molecule has 0 aromatic heterocycles. The van der Waals surface area contributed by atoms with Gasteiger partial charge in [0.2, 0.25) is 11.8 Å². The molecule has 2 aromatic rings. The van der Waals surface area contributed by atoms with Gasteiger partial charge >= 0.3 is 6.09 Å². The lowest BCUT2D eigenvalue weighted by molar-refractivity contribution is -0.144. The average molecular weight is 554 g/mol. The maximum atomic E-state index is 14.5. The zero-order valence-corrected chi connectivity index (χ0v) is 24.7. The van der Waals surface area contributed by atoms with Crippen LogP contribution in [0.3, 0.4) is 0 Å². The lowest BCUT2D eigenvalue weighted by Crippen LogP contribution is -2.56. The summed E-state index contributed by atoms with van der Waals surface area (Å²) >= 11 is 0. The van der Waals surface area contributed by atoms with E-state index >= 15 is 0 Å². The second kappa shape index (κ2) is 11.8. The maximum Gasteiger partial charge on any atom is 0.408 e. The van der Waals surface area contributed by atoms with Crippen molar-refractivity contribution in [3.05, 3.63) is 59.2 Å². The van der Waals surface area contributed by atoms with Crippen molar-refractivity contribution in [2.24, 2.45) is 5.92 Å². The van der Waals surface area contributed by atoms with Crippen molar-refractivity contribution < 1.29 is 29.3 Å². The molecule has 4 N–H and O–H groups in total. The highest BCUT2D eigenvalue weighted by Crippen LogP contribution is 2.43. The van der Waals surface area contributed by atoms with Crippen LogP contribution in [0.15, 0.2) is 42.5 Å². The number of carbonyl (C=O) groups is 3. The van der Waals surface area contributed by atoms with Gasteiger partial charge in [-0.2, -0.15) is 0 Å². The summed E-state index contributed by atoms with van der Waals surface area (Å²) in [5.41, 5.74) is 0.206. The van der Waals surface area contributed by atoms with Crippen molar-refractivity contribution in [2.45, 2.75) is 97.5 Å². The van der Waals surface area contributed by atoms with Gasteiger partial charge < -0.3 is 30.5 Å². The number of nitrogens with one attached hydrogen (secondary N) is 2. The Morgan fingerprint density at radius 3 is 2.15 bits per heavy atom. The van der Waals surface area contributed by atoms with E-state index in [0.717, 1.165) is 0 Å². The summed E-state index contributed by atoms with van der Waals surface area (Å²) in [6.45, 7) is 14.5. The van der Waals surface area contributed by atoms with Gasteiger partial charge in [-0.05, 0) is 84.1 Å². The van der Waals surface area contributed by atoms with Crippen LogP contribution >= 0.6 is 0 Å². The second-order valence-electron chi connectivity index (χ2n) is 12.7. The molecule has 0 heterocycles. The standard InChI is InChI=1S/C31H43N3O6/c1-18-10-9-11-22(26(18)36)25(27(37)33-30(3,4)5)34(24-16-19(24)2)28(38)23(32-29(39)40-31(6,7)8)17-20-12-14-21(35)15-13-20/h9-15,19,23-25,35-36H,16-17H2,1-8H3,(H,32,39)(H,33,37). The number of aromatic hydroxyl groups is 2. The van der Waals surface area contributed by atoms with E-state index in [0.29, 0.717) is 23.1 Å². The molecule has 1 aliphatic carbocycles. The Morgan fingerprint density at radius 2 is 1.62 bits per heavy atom. The zero-order valence-electron chi connectivity index (χ0n) is 24.7. The molecule has 9 heteroatoms. The van der Waals surface area contributed by atoms with E-state index in [1.807, 2.05) is 27.7 Å². The van der Waals surface area contributed by atoms with Crippen LogP contribution in [0.5, 0.6) is 11.5 Å². The minimum Gasteiger partial charge on any atom is -0.508 e. The summed E-state index contributed by atoms with van der Waals surface area (Å²) in [6, 6.07) is 9.01. The van der Waals surface area contributed by atoms with Gasteiger partial charge in [-0.25, -0.2) is 4.79 Å². The van der Waals surface area contributed by atoms with Gasteiger partial charge in [0.1, 0.15) is 29.2 Å². The first kappa shape index (κ1) is 30.8. The van der Waals surface area contributed by atoms with E-state index in [1.54, 1.807) is 58.0 Å². The van der Waals surface area contributed by atoms with Gasteiger partial charge in [0.05, 0.1) is 0 Å². The number of aryl methyl sites for hydroxylation is 1. The predicted molar refractivity (Wildman–Crippen MR) is 153 cm³/mol. The first-order chi connectivity index (χ1) is 18.5. The van der Waals surface area contributed by atoms with Crippen LogP contribution in [0.1, 0.15) is 77.6 Å². The average Bonchev–Trinajstić information content (AvgIpc) is 3.53. The van der Waals surface area contributed by atoms with Crippen LogP contribution < -0.4 is 10.6 Å². The summed E-state index contributed by atoms with van der Waals surface area (Å²) in [6.07, 6.45) is 0.0156. The molecule has 9 nitrogen and oxygen atoms in total. The third kappa shape index (κ3) is 8.13. The van der Waals surface area contributed by atoms with E-state index in [4.69, 9.17) is 4.74 Å². The molecule has 218 valence electrons.